The normalized spacial score (nSPS) is 14.0. The van der Waals surface area contributed by atoms with E-state index in [0.717, 1.165) is 25.7 Å². The monoisotopic (exact) mass is 248 g/mol. The summed E-state index contributed by atoms with van der Waals surface area (Å²) in [6.07, 6.45) is 3.88. The van der Waals surface area contributed by atoms with Crippen LogP contribution in [0, 0.1) is 12.3 Å². The molecule has 18 heavy (non-hydrogen) atoms. The first-order valence-corrected chi connectivity index (χ1v) is 6.81. The van der Waals surface area contributed by atoms with Gasteiger partial charge in [0, 0.05) is 0 Å². The van der Waals surface area contributed by atoms with Crippen molar-refractivity contribution in [2.24, 2.45) is 5.41 Å². The minimum atomic E-state index is -0.360. The summed E-state index contributed by atoms with van der Waals surface area (Å²) in [5.41, 5.74) is 0.806. The molecule has 0 saturated heterocycles. The molecule has 0 aliphatic heterocycles. The van der Waals surface area contributed by atoms with Crippen LogP contribution in [0.2, 0.25) is 0 Å². The molecule has 0 aliphatic rings. The SMILES string of the molecule is CCCCC(C)(CC)C(=O)Oc1ccc(C)cc1. The van der Waals surface area contributed by atoms with E-state index in [-0.39, 0.29) is 11.4 Å². The first-order valence-electron chi connectivity index (χ1n) is 6.81. The lowest BCUT2D eigenvalue weighted by Gasteiger charge is -2.25. The van der Waals surface area contributed by atoms with Crippen molar-refractivity contribution in [3.05, 3.63) is 29.8 Å². The fraction of sp³-hybridized carbons (Fsp3) is 0.562. The average molecular weight is 248 g/mol. The summed E-state index contributed by atoms with van der Waals surface area (Å²) in [5, 5.41) is 0. The van der Waals surface area contributed by atoms with Crippen LogP contribution in [0.4, 0.5) is 0 Å². The molecule has 0 spiro atoms. The summed E-state index contributed by atoms with van der Waals surface area (Å²) in [5.74, 6) is 0.532. The lowest BCUT2D eigenvalue weighted by atomic mass is 9.82. The molecule has 2 heteroatoms. The van der Waals surface area contributed by atoms with Gasteiger partial charge in [-0.3, -0.25) is 4.79 Å². The van der Waals surface area contributed by atoms with E-state index in [0.29, 0.717) is 5.75 Å². The van der Waals surface area contributed by atoms with Crippen molar-refractivity contribution < 1.29 is 9.53 Å². The zero-order chi connectivity index (χ0) is 13.6. The Morgan fingerprint density at radius 2 is 1.83 bits per heavy atom. The maximum atomic E-state index is 12.2. The summed E-state index contributed by atoms with van der Waals surface area (Å²) < 4.78 is 5.48. The molecule has 0 aromatic heterocycles. The first kappa shape index (κ1) is 14.7. The Bertz CT molecular complexity index is 381. The van der Waals surface area contributed by atoms with Crippen LogP contribution in [-0.2, 0) is 4.79 Å². The van der Waals surface area contributed by atoms with Crippen molar-refractivity contribution in [1.29, 1.82) is 0 Å². The minimum absolute atomic E-state index is 0.109. The largest absolute Gasteiger partial charge is 0.426 e. The number of carbonyl (C=O) groups is 1. The Labute approximate surface area is 110 Å². The fourth-order valence-electron chi connectivity index (χ4n) is 1.83. The van der Waals surface area contributed by atoms with Crippen molar-refractivity contribution >= 4 is 5.97 Å². The number of aryl methyl sites for hydroxylation is 1. The molecule has 1 atom stereocenters. The Morgan fingerprint density at radius 1 is 1.22 bits per heavy atom. The second-order valence-corrected chi connectivity index (χ2v) is 5.22. The highest BCUT2D eigenvalue weighted by atomic mass is 16.5. The van der Waals surface area contributed by atoms with E-state index >= 15 is 0 Å². The van der Waals surface area contributed by atoms with Gasteiger partial charge < -0.3 is 4.74 Å². The summed E-state index contributed by atoms with van der Waals surface area (Å²) in [7, 11) is 0. The Hall–Kier alpha value is -1.31. The van der Waals surface area contributed by atoms with Gasteiger partial charge in [-0.2, -0.15) is 0 Å². The molecule has 0 heterocycles. The molecule has 0 radical (unpaired) electrons. The van der Waals surface area contributed by atoms with E-state index in [1.54, 1.807) is 0 Å². The number of hydrogen-bond acceptors (Lipinski definition) is 2. The van der Waals surface area contributed by atoms with Crippen LogP contribution >= 0.6 is 0 Å². The number of carbonyl (C=O) groups excluding carboxylic acids is 1. The van der Waals surface area contributed by atoms with Crippen LogP contribution in [-0.4, -0.2) is 5.97 Å². The summed E-state index contributed by atoms with van der Waals surface area (Å²) in [6.45, 7) is 8.20. The van der Waals surface area contributed by atoms with Crippen LogP contribution in [0.25, 0.3) is 0 Å². The van der Waals surface area contributed by atoms with Crippen LogP contribution < -0.4 is 4.74 Å². The molecule has 0 bridgehead atoms. The van der Waals surface area contributed by atoms with Gasteiger partial charge in [-0.15, -0.1) is 0 Å². The molecule has 1 rings (SSSR count). The Kier molecular flexibility index (Phi) is 5.39. The predicted octanol–water partition coefficient (Wildman–Crippen LogP) is 4.51. The van der Waals surface area contributed by atoms with Gasteiger partial charge in [-0.25, -0.2) is 0 Å². The van der Waals surface area contributed by atoms with E-state index in [4.69, 9.17) is 4.74 Å². The van der Waals surface area contributed by atoms with Gasteiger partial charge in [0.05, 0.1) is 5.41 Å². The molecule has 0 amide bonds. The number of hydrogen-bond donors (Lipinski definition) is 0. The van der Waals surface area contributed by atoms with Crippen LogP contribution in [0.1, 0.15) is 52.0 Å². The quantitative estimate of drug-likeness (QED) is 0.547. The molecule has 0 aliphatic carbocycles. The number of esters is 1. The average Bonchev–Trinajstić information content (AvgIpc) is 2.38. The zero-order valence-corrected chi connectivity index (χ0v) is 12.0. The van der Waals surface area contributed by atoms with Crippen LogP contribution in [0.5, 0.6) is 5.75 Å². The lowest BCUT2D eigenvalue weighted by molar-refractivity contribution is -0.145. The smallest absolute Gasteiger partial charge is 0.317 e. The molecule has 2 nitrogen and oxygen atoms in total. The topological polar surface area (TPSA) is 26.3 Å². The Morgan fingerprint density at radius 3 is 2.33 bits per heavy atom. The van der Waals surface area contributed by atoms with Crippen LogP contribution in [0.15, 0.2) is 24.3 Å². The fourth-order valence-corrected chi connectivity index (χ4v) is 1.83. The number of benzene rings is 1. The molecule has 0 saturated carbocycles. The van der Waals surface area contributed by atoms with E-state index < -0.39 is 0 Å². The van der Waals surface area contributed by atoms with Crippen molar-refractivity contribution in [2.45, 2.75) is 53.4 Å². The minimum Gasteiger partial charge on any atom is -0.426 e. The maximum absolute atomic E-state index is 12.2. The standard InChI is InChI=1S/C16H24O2/c1-5-7-12-16(4,6-2)15(17)18-14-10-8-13(3)9-11-14/h8-11H,5-7,12H2,1-4H3. The molecule has 0 fully saturated rings. The summed E-state index contributed by atoms with van der Waals surface area (Å²) >= 11 is 0. The highest BCUT2D eigenvalue weighted by Gasteiger charge is 2.32. The summed E-state index contributed by atoms with van der Waals surface area (Å²) in [4.78, 5) is 12.2. The molecule has 1 aromatic rings. The molecular formula is C16H24O2. The van der Waals surface area contributed by atoms with Crippen molar-refractivity contribution in [2.75, 3.05) is 0 Å². The third kappa shape index (κ3) is 3.86. The number of rotatable bonds is 6. The van der Waals surface area contributed by atoms with Gasteiger partial charge in [0.25, 0.3) is 0 Å². The lowest BCUT2D eigenvalue weighted by Crippen LogP contribution is -2.31. The number of ether oxygens (including phenoxy) is 1. The third-order valence-electron chi connectivity index (χ3n) is 3.59. The van der Waals surface area contributed by atoms with Gasteiger partial charge in [0.1, 0.15) is 5.75 Å². The molecular weight excluding hydrogens is 224 g/mol. The number of unbranched alkanes of at least 4 members (excludes halogenated alkanes) is 1. The predicted molar refractivity (Wildman–Crippen MR) is 74.7 cm³/mol. The highest BCUT2D eigenvalue weighted by Crippen LogP contribution is 2.30. The highest BCUT2D eigenvalue weighted by molar-refractivity contribution is 5.78. The first-order chi connectivity index (χ1) is 8.51. The van der Waals surface area contributed by atoms with E-state index in [1.807, 2.05) is 45.0 Å². The van der Waals surface area contributed by atoms with Gasteiger partial charge >= 0.3 is 5.97 Å². The van der Waals surface area contributed by atoms with Crippen molar-refractivity contribution in [3.8, 4) is 5.75 Å². The van der Waals surface area contributed by atoms with Gasteiger partial charge in [0.2, 0.25) is 0 Å². The van der Waals surface area contributed by atoms with Crippen molar-refractivity contribution in [1.82, 2.24) is 0 Å². The Balaban J connectivity index is 2.70. The van der Waals surface area contributed by atoms with Gasteiger partial charge in [0.15, 0.2) is 0 Å². The van der Waals surface area contributed by atoms with E-state index in [1.165, 1.54) is 5.56 Å². The second-order valence-electron chi connectivity index (χ2n) is 5.22. The zero-order valence-electron chi connectivity index (χ0n) is 12.0. The van der Waals surface area contributed by atoms with Crippen LogP contribution in [0.3, 0.4) is 0 Å². The van der Waals surface area contributed by atoms with Gasteiger partial charge in [-0.05, 0) is 38.8 Å². The van der Waals surface area contributed by atoms with E-state index in [2.05, 4.69) is 6.92 Å². The third-order valence-corrected chi connectivity index (χ3v) is 3.59. The van der Waals surface area contributed by atoms with E-state index in [9.17, 15) is 4.79 Å². The molecule has 100 valence electrons. The molecule has 1 unspecified atom stereocenters. The van der Waals surface area contributed by atoms with Crippen molar-refractivity contribution in [3.63, 3.8) is 0 Å². The second kappa shape index (κ2) is 6.58. The summed E-state index contributed by atoms with van der Waals surface area (Å²) in [6, 6.07) is 7.61. The maximum Gasteiger partial charge on any atom is 0.317 e. The van der Waals surface area contributed by atoms with Gasteiger partial charge in [-0.1, -0.05) is 44.4 Å². The molecule has 0 N–H and O–H groups in total. The molecule has 1 aromatic carbocycles.